The van der Waals surface area contributed by atoms with E-state index in [1.54, 1.807) is 19.5 Å². The number of hydrogen-bond donors (Lipinski definition) is 1. The monoisotopic (exact) mass is 232 g/mol. The fourth-order valence-electron chi connectivity index (χ4n) is 1.52. The number of methoxy groups -OCH3 is 1. The molecular weight excluding hydrogens is 216 g/mol. The number of ether oxygens (including phenoxy) is 1. The smallest absolute Gasteiger partial charge is 0.213 e. The molecule has 0 aliphatic heterocycles. The largest absolute Gasteiger partial charge is 0.481 e. The molecule has 5 heteroatoms. The maximum atomic E-state index is 4.99. The first-order valence-corrected chi connectivity index (χ1v) is 5.58. The van der Waals surface area contributed by atoms with E-state index in [9.17, 15) is 0 Å². The van der Waals surface area contributed by atoms with Gasteiger partial charge >= 0.3 is 0 Å². The second-order valence-electron chi connectivity index (χ2n) is 3.67. The summed E-state index contributed by atoms with van der Waals surface area (Å²) in [6, 6.07) is 3.81. The second-order valence-corrected chi connectivity index (χ2v) is 3.67. The molecule has 90 valence electrons. The highest BCUT2D eigenvalue weighted by Crippen LogP contribution is 2.10. The molecule has 0 saturated carbocycles. The van der Waals surface area contributed by atoms with Crippen LogP contribution in [-0.4, -0.2) is 28.2 Å². The fourth-order valence-corrected chi connectivity index (χ4v) is 1.52. The Kier molecular flexibility index (Phi) is 3.96. The predicted molar refractivity (Wildman–Crippen MR) is 66.1 cm³/mol. The Balaban J connectivity index is 1.70. The zero-order valence-electron chi connectivity index (χ0n) is 9.84. The maximum absolute atomic E-state index is 4.99. The van der Waals surface area contributed by atoms with Crippen LogP contribution in [0.5, 0.6) is 5.88 Å². The average molecular weight is 232 g/mol. The Morgan fingerprint density at radius 1 is 1.41 bits per heavy atom. The van der Waals surface area contributed by atoms with E-state index < -0.39 is 0 Å². The molecule has 2 aromatic heterocycles. The van der Waals surface area contributed by atoms with Crippen molar-refractivity contribution in [1.29, 1.82) is 0 Å². The van der Waals surface area contributed by atoms with Gasteiger partial charge in [-0.15, -0.1) is 0 Å². The van der Waals surface area contributed by atoms with Gasteiger partial charge in [-0.3, -0.25) is 0 Å². The van der Waals surface area contributed by atoms with Crippen LogP contribution in [-0.2, 0) is 6.54 Å². The Morgan fingerprint density at radius 2 is 2.35 bits per heavy atom. The van der Waals surface area contributed by atoms with E-state index in [0.717, 1.165) is 25.2 Å². The molecule has 0 amide bonds. The van der Waals surface area contributed by atoms with E-state index in [2.05, 4.69) is 19.9 Å². The maximum Gasteiger partial charge on any atom is 0.213 e. The lowest BCUT2D eigenvalue weighted by Crippen LogP contribution is -2.05. The van der Waals surface area contributed by atoms with Gasteiger partial charge in [0.1, 0.15) is 0 Å². The van der Waals surface area contributed by atoms with Gasteiger partial charge in [-0.25, -0.2) is 9.97 Å². The molecule has 0 atom stereocenters. The van der Waals surface area contributed by atoms with Gasteiger partial charge in [0.15, 0.2) is 0 Å². The molecule has 0 fully saturated rings. The summed E-state index contributed by atoms with van der Waals surface area (Å²) in [7, 11) is 1.61. The van der Waals surface area contributed by atoms with Gasteiger partial charge in [-0.2, -0.15) is 0 Å². The van der Waals surface area contributed by atoms with Crippen molar-refractivity contribution < 1.29 is 4.74 Å². The lowest BCUT2D eigenvalue weighted by Gasteiger charge is -2.06. The van der Waals surface area contributed by atoms with Crippen LogP contribution in [0.25, 0.3) is 0 Å². The summed E-state index contributed by atoms with van der Waals surface area (Å²) in [6.45, 7) is 1.88. The summed E-state index contributed by atoms with van der Waals surface area (Å²) >= 11 is 0. The lowest BCUT2D eigenvalue weighted by atomic mass is 10.3. The predicted octanol–water partition coefficient (Wildman–Crippen LogP) is 1.79. The normalized spacial score (nSPS) is 10.2. The summed E-state index contributed by atoms with van der Waals surface area (Å²) in [5.74, 6) is 0.633. The first-order valence-electron chi connectivity index (χ1n) is 5.58. The van der Waals surface area contributed by atoms with Crippen molar-refractivity contribution >= 4 is 5.69 Å². The number of nitrogens with one attached hydrogen (secondary N) is 1. The Labute approximate surface area is 100 Å². The molecular formula is C12H16N4O. The number of aromatic nitrogens is 3. The zero-order chi connectivity index (χ0) is 11.9. The summed E-state index contributed by atoms with van der Waals surface area (Å²) in [5, 5.41) is 3.31. The molecule has 17 heavy (non-hydrogen) atoms. The van der Waals surface area contributed by atoms with Crippen molar-refractivity contribution in [3.8, 4) is 5.88 Å². The molecule has 0 aliphatic rings. The quantitative estimate of drug-likeness (QED) is 0.771. The highest BCUT2D eigenvalue weighted by Gasteiger charge is 1.95. The molecule has 2 rings (SSSR count). The van der Waals surface area contributed by atoms with E-state index in [1.165, 1.54) is 0 Å². The van der Waals surface area contributed by atoms with Gasteiger partial charge < -0.3 is 14.6 Å². The van der Waals surface area contributed by atoms with Crippen molar-refractivity contribution in [3.05, 3.63) is 37.1 Å². The number of rotatable bonds is 6. The third-order valence-corrected chi connectivity index (χ3v) is 2.43. The number of imidazole rings is 1. The zero-order valence-corrected chi connectivity index (χ0v) is 9.84. The van der Waals surface area contributed by atoms with Crippen molar-refractivity contribution in [2.24, 2.45) is 0 Å². The summed E-state index contributed by atoms with van der Waals surface area (Å²) < 4.78 is 7.06. The number of pyridine rings is 1. The molecule has 0 spiro atoms. The van der Waals surface area contributed by atoms with E-state index in [4.69, 9.17) is 4.74 Å². The van der Waals surface area contributed by atoms with Gasteiger partial charge in [-0.1, -0.05) is 0 Å². The average Bonchev–Trinajstić information content (AvgIpc) is 2.88. The standard InChI is InChI=1S/C12H16N4O/c1-17-12-4-3-11(9-15-12)14-5-2-7-16-8-6-13-10-16/h3-4,6,8-10,14H,2,5,7H2,1H3. The van der Waals surface area contributed by atoms with Gasteiger partial charge in [0, 0.05) is 31.5 Å². The first kappa shape index (κ1) is 11.4. The van der Waals surface area contributed by atoms with Gasteiger partial charge in [0.25, 0.3) is 0 Å². The van der Waals surface area contributed by atoms with Gasteiger partial charge in [0.2, 0.25) is 5.88 Å². The Hall–Kier alpha value is -2.04. The molecule has 1 N–H and O–H groups in total. The number of hydrogen-bond acceptors (Lipinski definition) is 4. The van der Waals surface area contributed by atoms with Crippen molar-refractivity contribution in [1.82, 2.24) is 14.5 Å². The highest BCUT2D eigenvalue weighted by molar-refractivity contribution is 5.41. The summed E-state index contributed by atoms with van der Waals surface area (Å²) in [6.07, 6.45) is 8.41. The van der Waals surface area contributed by atoms with E-state index in [-0.39, 0.29) is 0 Å². The van der Waals surface area contributed by atoms with Crippen molar-refractivity contribution in [2.45, 2.75) is 13.0 Å². The minimum atomic E-state index is 0.633. The van der Waals surface area contributed by atoms with Crippen LogP contribution in [0.15, 0.2) is 37.1 Å². The summed E-state index contributed by atoms with van der Waals surface area (Å²) in [5.41, 5.74) is 1.01. The molecule has 0 aromatic carbocycles. The third-order valence-electron chi connectivity index (χ3n) is 2.43. The van der Waals surface area contributed by atoms with Crippen LogP contribution in [0, 0.1) is 0 Å². The number of nitrogens with zero attached hydrogens (tertiary/aromatic N) is 3. The molecule has 2 aromatic rings. The molecule has 5 nitrogen and oxygen atoms in total. The molecule has 0 bridgehead atoms. The van der Waals surface area contributed by atoms with Crippen LogP contribution in [0.1, 0.15) is 6.42 Å². The van der Waals surface area contributed by atoms with E-state index in [1.807, 2.05) is 24.7 Å². The van der Waals surface area contributed by atoms with Gasteiger partial charge in [-0.05, 0) is 12.5 Å². The third kappa shape index (κ3) is 3.48. The molecule has 0 aliphatic carbocycles. The number of anilines is 1. The molecule has 0 saturated heterocycles. The minimum Gasteiger partial charge on any atom is -0.481 e. The Bertz CT molecular complexity index is 424. The summed E-state index contributed by atoms with van der Waals surface area (Å²) in [4.78, 5) is 8.12. The van der Waals surface area contributed by atoms with Crippen molar-refractivity contribution in [2.75, 3.05) is 19.0 Å². The highest BCUT2D eigenvalue weighted by atomic mass is 16.5. The van der Waals surface area contributed by atoms with Crippen LogP contribution >= 0.6 is 0 Å². The van der Waals surface area contributed by atoms with Crippen LogP contribution in [0.4, 0.5) is 5.69 Å². The van der Waals surface area contributed by atoms with Crippen molar-refractivity contribution in [3.63, 3.8) is 0 Å². The molecule has 0 unspecified atom stereocenters. The molecule has 0 radical (unpaired) electrons. The minimum absolute atomic E-state index is 0.633. The molecule has 2 heterocycles. The van der Waals surface area contributed by atoms with E-state index in [0.29, 0.717) is 5.88 Å². The number of aryl methyl sites for hydroxylation is 1. The SMILES string of the molecule is COc1ccc(NCCCn2ccnc2)cn1. The fraction of sp³-hybridized carbons (Fsp3) is 0.333. The van der Waals surface area contributed by atoms with E-state index >= 15 is 0 Å². The van der Waals surface area contributed by atoms with Crippen LogP contribution in [0.2, 0.25) is 0 Å². The first-order chi connectivity index (χ1) is 8.38. The topological polar surface area (TPSA) is 52.0 Å². The lowest BCUT2D eigenvalue weighted by molar-refractivity contribution is 0.398. The Morgan fingerprint density at radius 3 is 3.00 bits per heavy atom. The van der Waals surface area contributed by atoms with Gasteiger partial charge in [0.05, 0.1) is 25.3 Å². The second kappa shape index (κ2) is 5.89. The van der Waals surface area contributed by atoms with Crippen LogP contribution < -0.4 is 10.1 Å². The van der Waals surface area contributed by atoms with Crippen LogP contribution in [0.3, 0.4) is 0 Å².